The Morgan fingerprint density at radius 1 is 1.50 bits per heavy atom. The highest BCUT2D eigenvalue weighted by Gasteiger charge is 2.08. The molecule has 1 rings (SSSR count). The number of aromatic nitrogens is 1. The maximum atomic E-state index is 11.6. The molecule has 0 bridgehead atoms. The van der Waals surface area contributed by atoms with Crippen LogP contribution in [0.3, 0.4) is 0 Å². The summed E-state index contributed by atoms with van der Waals surface area (Å²) in [4.78, 5) is 26.6. The van der Waals surface area contributed by atoms with Crippen LogP contribution in [0.5, 0.6) is 0 Å². The number of pyridine rings is 1. The van der Waals surface area contributed by atoms with Crippen molar-refractivity contribution in [2.45, 2.75) is 13.5 Å². The quantitative estimate of drug-likeness (QED) is 0.750. The molecule has 1 heterocycles. The molecule has 7 heteroatoms. The van der Waals surface area contributed by atoms with E-state index in [-0.39, 0.29) is 31.4 Å². The molecule has 0 atom stereocenters. The summed E-state index contributed by atoms with van der Waals surface area (Å²) in [5.74, 6) is -0.816. The minimum absolute atomic E-state index is 0. The lowest BCUT2D eigenvalue weighted by atomic mass is 10.2. The van der Waals surface area contributed by atoms with Crippen LogP contribution in [-0.4, -0.2) is 30.0 Å². The summed E-state index contributed by atoms with van der Waals surface area (Å²) in [5, 5.41) is 2.45. The van der Waals surface area contributed by atoms with Gasteiger partial charge in [-0.25, -0.2) is 0 Å². The average molecular weight is 274 g/mol. The number of nitrogens with zero attached hydrogens (tertiary/aromatic N) is 1. The molecule has 0 saturated carbocycles. The van der Waals surface area contributed by atoms with E-state index in [2.05, 4.69) is 15.0 Å². The van der Waals surface area contributed by atoms with Gasteiger partial charge in [0.05, 0.1) is 12.3 Å². The van der Waals surface area contributed by atoms with Crippen molar-refractivity contribution in [2.24, 2.45) is 5.73 Å². The molecule has 0 fully saturated rings. The van der Waals surface area contributed by atoms with E-state index in [1.165, 1.54) is 6.20 Å². The summed E-state index contributed by atoms with van der Waals surface area (Å²) < 4.78 is 4.69. The van der Waals surface area contributed by atoms with Crippen molar-refractivity contribution < 1.29 is 14.3 Å². The van der Waals surface area contributed by atoms with Gasteiger partial charge in [0.15, 0.2) is 0 Å². The Labute approximate surface area is 111 Å². The van der Waals surface area contributed by atoms with Crippen molar-refractivity contribution in [3.8, 4) is 0 Å². The van der Waals surface area contributed by atoms with Gasteiger partial charge in [-0.05, 0) is 19.1 Å². The molecule has 0 aliphatic carbocycles. The van der Waals surface area contributed by atoms with Crippen LogP contribution in [0.2, 0.25) is 0 Å². The van der Waals surface area contributed by atoms with Gasteiger partial charge in [0.1, 0.15) is 6.54 Å². The average Bonchev–Trinajstić information content (AvgIpc) is 2.36. The molecule has 0 aliphatic rings. The Hall–Kier alpha value is -1.66. The highest BCUT2D eigenvalue weighted by molar-refractivity contribution is 5.95. The van der Waals surface area contributed by atoms with Gasteiger partial charge in [-0.3, -0.25) is 14.6 Å². The predicted molar refractivity (Wildman–Crippen MR) is 68.3 cm³/mol. The van der Waals surface area contributed by atoms with Gasteiger partial charge in [0.2, 0.25) is 0 Å². The van der Waals surface area contributed by atoms with E-state index in [1.807, 2.05) is 0 Å². The van der Waals surface area contributed by atoms with E-state index in [1.54, 1.807) is 19.1 Å². The highest BCUT2D eigenvalue weighted by atomic mass is 35.5. The number of nitrogens with two attached hydrogens (primary N) is 1. The predicted octanol–water partition coefficient (Wildman–Crippen LogP) is 0.255. The van der Waals surface area contributed by atoms with Crippen molar-refractivity contribution in [3.05, 3.63) is 29.6 Å². The molecule has 100 valence electrons. The first-order chi connectivity index (χ1) is 8.17. The van der Waals surface area contributed by atoms with Gasteiger partial charge in [-0.15, -0.1) is 12.4 Å². The fourth-order valence-corrected chi connectivity index (χ4v) is 1.20. The van der Waals surface area contributed by atoms with Gasteiger partial charge in [0.25, 0.3) is 5.91 Å². The number of ether oxygens (including phenoxy) is 1. The van der Waals surface area contributed by atoms with Gasteiger partial charge in [-0.1, -0.05) is 0 Å². The largest absolute Gasteiger partial charge is 0.465 e. The lowest BCUT2D eigenvalue weighted by Gasteiger charge is -2.05. The smallest absolute Gasteiger partial charge is 0.325 e. The van der Waals surface area contributed by atoms with Crippen molar-refractivity contribution in [3.63, 3.8) is 0 Å². The molecular weight excluding hydrogens is 258 g/mol. The number of rotatable bonds is 5. The number of amides is 1. The summed E-state index contributed by atoms with van der Waals surface area (Å²) in [7, 11) is 0. The van der Waals surface area contributed by atoms with E-state index in [0.717, 1.165) is 0 Å². The molecule has 0 saturated heterocycles. The summed E-state index contributed by atoms with van der Waals surface area (Å²) in [6.45, 7) is 2.11. The van der Waals surface area contributed by atoms with E-state index in [4.69, 9.17) is 5.73 Å². The lowest BCUT2D eigenvalue weighted by molar-refractivity contribution is -0.141. The van der Waals surface area contributed by atoms with Crippen LogP contribution in [-0.2, 0) is 16.1 Å². The molecule has 0 radical (unpaired) electrons. The van der Waals surface area contributed by atoms with Crippen LogP contribution in [0, 0.1) is 0 Å². The van der Waals surface area contributed by atoms with Crippen molar-refractivity contribution in [1.82, 2.24) is 10.3 Å². The van der Waals surface area contributed by atoms with Crippen LogP contribution in [0.15, 0.2) is 18.3 Å². The maximum Gasteiger partial charge on any atom is 0.325 e. The number of carbonyl (C=O) groups is 2. The van der Waals surface area contributed by atoms with Gasteiger partial charge >= 0.3 is 5.97 Å². The van der Waals surface area contributed by atoms with Gasteiger partial charge < -0.3 is 15.8 Å². The Morgan fingerprint density at radius 2 is 2.22 bits per heavy atom. The molecule has 0 aliphatic heterocycles. The number of hydrogen-bond acceptors (Lipinski definition) is 5. The molecule has 6 nitrogen and oxygen atoms in total. The Balaban J connectivity index is 0.00000289. The Morgan fingerprint density at radius 3 is 2.83 bits per heavy atom. The first kappa shape index (κ1) is 16.3. The second kappa shape index (κ2) is 8.43. The normalized spacial score (nSPS) is 9.22. The zero-order valence-corrected chi connectivity index (χ0v) is 10.8. The molecule has 0 aromatic carbocycles. The zero-order valence-electron chi connectivity index (χ0n) is 10.0. The first-order valence-electron chi connectivity index (χ1n) is 5.26. The summed E-state index contributed by atoms with van der Waals surface area (Å²) in [6, 6.07) is 3.14. The third-order valence-corrected chi connectivity index (χ3v) is 1.99. The van der Waals surface area contributed by atoms with Crippen LogP contribution < -0.4 is 11.1 Å². The van der Waals surface area contributed by atoms with E-state index < -0.39 is 5.97 Å². The fraction of sp³-hybridized carbons (Fsp3) is 0.364. The van der Waals surface area contributed by atoms with Crippen LogP contribution >= 0.6 is 12.4 Å². The molecule has 1 aromatic rings. The Bertz CT molecular complexity index is 412. The minimum atomic E-state index is -0.464. The Kier molecular flexibility index (Phi) is 7.66. The highest BCUT2D eigenvalue weighted by Crippen LogP contribution is 2.00. The van der Waals surface area contributed by atoms with Crippen molar-refractivity contribution in [2.75, 3.05) is 13.2 Å². The molecule has 1 aromatic heterocycles. The molecule has 0 spiro atoms. The number of esters is 1. The SMILES string of the molecule is CCOC(=O)CNC(=O)c1ccnc(CN)c1.Cl. The number of halogens is 1. The molecule has 3 N–H and O–H groups in total. The first-order valence-corrected chi connectivity index (χ1v) is 5.26. The fourth-order valence-electron chi connectivity index (χ4n) is 1.20. The van der Waals surface area contributed by atoms with E-state index in [0.29, 0.717) is 17.9 Å². The summed E-state index contributed by atoms with van der Waals surface area (Å²) in [5.41, 5.74) is 6.45. The third kappa shape index (κ3) is 5.11. The molecule has 1 amide bonds. The molecular formula is C11H16ClN3O3. The summed E-state index contributed by atoms with van der Waals surface area (Å²) >= 11 is 0. The standard InChI is InChI=1S/C11H15N3O3.ClH/c1-2-17-10(15)7-14-11(16)8-3-4-13-9(5-8)6-12;/h3-5H,2,6-7,12H2,1H3,(H,14,16);1H. The lowest BCUT2D eigenvalue weighted by Crippen LogP contribution is -2.30. The van der Waals surface area contributed by atoms with Crippen molar-refractivity contribution >= 4 is 24.3 Å². The van der Waals surface area contributed by atoms with Crippen LogP contribution in [0.25, 0.3) is 0 Å². The third-order valence-electron chi connectivity index (χ3n) is 1.99. The maximum absolute atomic E-state index is 11.6. The van der Waals surface area contributed by atoms with E-state index >= 15 is 0 Å². The topological polar surface area (TPSA) is 94.3 Å². The van der Waals surface area contributed by atoms with E-state index in [9.17, 15) is 9.59 Å². The number of carbonyl (C=O) groups excluding carboxylic acids is 2. The van der Waals surface area contributed by atoms with Crippen LogP contribution in [0.4, 0.5) is 0 Å². The minimum Gasteiger partial charge on any atom is -0.465 e. The molecule has 0 unspecified atom stereocenters. The number of hydrogen-bond donors (Lipinski definition) is 2. The number of nitrogens with one attached hydrogen (secondary N) is 1. The molecule has 18 heavy (non-hydrogen) atoms. The summed E-state index contributed by atoms with van der Waals surface area (Å²) in [6.07, 6.45) is 1.50. The second-order valence-electron chi connectivity index (χ2n) is 3.23. The zero-order chi connectivity index (χ0) is 12.7. The van der Waals surface area contributed by atoms with Gasteiger partial charge in [-0.2, -0.15) is 0 Å². The van der Waals surface area contributed by atoms with Gasteiger partial charge in [0, 0.05) is 18.3 Å². The monoisotopic (exact) mass is 273 g/mol. The second-order valence-corrected chi connectivity index (χ2v) is 3.23. The van der Waals surface area contributed by atoms with Crippen LogP contribution in [0.1, 0.15) is 23.0 Å². The van der Waals surface area contributed by atoms with Crippen molar-refractivity contribution in [1.29, 1.82) is 0 Å².